The van der Waals surface area contributed by atoms with Gasteiger partial charge in [-0.05, 0) is 38.1 Å². The molecule has 1 aromatic heterocycles. The number of rotatable bonds is 6. The van der Waals surface area contributed by atoms with Crippen molar-refractivity contribution in [3.05, 3.63) is 51.9 Å². The Morgan fingerprint density at radius 2 is 1.57 bits per heavy atom. The average molecular weight is 415 g/mol. The number of ether oxygens (including phenoxy) is 2. The highest BCUT2D eigenvalue weighted by atomic mass is 32.1. The number of amides is 1. The highest BCUT2D eigenvalue weighted by Gasteiger charge is 2.30. The minimum atomic E-state index is -4.52. The average Bonchev–Trinajstić information content (AvgIpc) is 3.05. The quantitative estimate of drug-likeness (QED) is 0.709. The number of carbonyl (C=O) groups excluding carboxylic acids is 3. The summed E-state index contributed by atoms with van der Waals surface area (Å²) >= 11 is 0.901. The lowest BCUT2D eigenvalue weighted by Crippen LogP contribution is -2.17. The molecule has 0 unspecified atom stereocenters. The summed E-state index contributed by atoms with van der Waals surface area (Å²) in [7, 11) is 0. The molecule has 2 aromatic rings. The first-order chi connectivity index (χ1) is 13.2. The molecule has 0 fully saturated rings. The monoisotopic (exact) mass is 415 g/mol. The van der Waals surface area contributed by atoms with E-state index in [1.165, 1.54) is 5.38 Å². The van der Waals surface area contributed by atoms with Crippen LogP contribution >= 0.6 is 11.3 Å². The molecule has 1 amide bonds. The van der Waals surface area contributed by atoms with E-state index in [9.17, 15) is 27.6 Å². The maximum atomic E-state index is 12.6. The van der Waals surface area contributed by atoms with E-state index in [-0.39, 0.29) is 34.9 Å². The summed E-state index contributed by atoms with van der Waals surface area (Å²) < 4.78 is 47.7. The molecule has 0 radical (unpaired) electrons. The minimum absolute atomic E-state index is 0.0337. The molecule has 150 valence electrons. The van der Waals surface area contributed by atoms with Crippen LogP contribution in [0.3, 0.4) is 0 Å². The number of alkyl halides is 3. The second-order valence-electron chi connectivity index (χ2n) is 5.32. The largest absolute Gasteiger partial charge is 0.462 e. The number of hydrogen-bond donors (Lipinski definition) is 1. The number of carbonyl (C=O) groups is 3. The third kappa shape index (κ3) is 4.89. The van der Waals surface area contributed by atoms with E-state index < -0.39 is 29.6 Å². The van der Waals surface area contributed by atoms with Gasteiger partial charge in [0.15, 0.2) is 0 Å². The van der Waals surface area contributed by atoms with Crippen molar-refractivity contribution in [1.29, 1.82) is 0 Å². The van der Waals surface area contributed by atoms with E-state index >= 15 is 0 Å². The number of esters is 2. The molecular formula is C18H16F3NO5S. The first-order valence-corrected chi connectivity index (χ1v) is 9.01. The van der Waals surface area contributed by atoms with Gasteiger partial charge in [0.1, 0.15) is 10.6 Å². The van der Waals surface area contributed by atoms with Crippen LogP contribution in [0.15, 0.2) is 29.6 Å². The van der Waals surface area contributed by atoms with Crippen LogP contribution in [-0.2, 0) is 15.7 Å². The zero-order valence-corrected chi connectivity index (χ0v) is 15.7. The van der Waals surface area contributed by atoms with Gasteiger partial charge >= 0.3 is 18.1 Å². The molecule has 10 heteroatoms. The van der Waals surface area contributed by atoms with Crippen molar-refractivity contribution in [1.82, 2.24) is 0 Å². The van der Waals surface area contributed by atoms with Crippen LogP contribution in [0.1, 0.15) is 50.5 Å². The molecule has 6 nitrogen and oxygen atoms in total. The van der Waals surface area contributed by atoms with Gasteiger partial charge in [0.05, 0.1) is 24.3 Å². The van der Waals surface area contributed by atoms with Crippen molar-refractivity contribution in [3.8, 4) is 0 Å². The molecule has 1 heterocycles. The predicted molar refractivity (Wildman–Crippen MR) is 95.6 cm³/mol. The smallest absolute Gasteiger partial charge is 0.416 e. The summed E-state index contributed by atoms with van der Waals surface area (Å²) in [5, 5.41) is 3.81. The number of halogens is 3. The molecule has 0 aliphatic heterocycles. The topological polar surface area (TPSA) is 81.7 Å². The van der Waals surface area contributed by atoms with Crippen LogP contribution in [-0.4, -0.2) is 31.1 Å². The van der Waals surface area contributed by atoms with Gasteiger partial charge in [0.25, 0.3) is 5.91 Å². The van der Waals surface area contributed by atoms with E-state index in [0.717, 1.165) is 35.6 Å². The first kappa shape index (κ1) is 21.4. The van der Waals surface area contributed by atoms with Crippen LogP contribution in [0.4, 0.5) is 18.2 Å². The molecule has 0 saturated heterocycles. The lowest BCUT2D eigenvalue weighted by atomic mass is 10.1. The van der Waals surface area contributed by atoms with Gasteiger partial charge in [0, 0.05) is 10.9 Å². The van der Waals surface area contributed by atoms with Crippen molar-refractivity contribution < 1.29 is 37.0 Å². The van der Waals surface area contributed by atoms with E-state index in [4.69, 9.17) is 9.47 Å². The number of benzene rings is 1. The van der Waals surface area contributed by atoms with Crippen LogP contribution in [0.5, 0.6) is 0 Å². The summed E-state index contributed by atoms with van der Waals surface area (Å²) in [5.41, 5.74) is -1.16. The molecular weight excluding hydrogens is 399 g/mol. The van der Waals surface area contributed by atoms with Gasteiger partial charge in [-0.2, -0.15) is 13.2 Å². The number of anilines is 1. The molecule has 0 atom stereocenters. The molecule has 0 aliphatic carbocycles. The van der Waals surface area contributed by atoms with Gasteiger partial charge in [-0.1, -0.05) is 0 Å². The summed E-state index contributed by atoms with van der Waals surface area (Å²) in [6, 6.07) is 3.59. The normalized spacial score (nSPS) is 11.0. The molecule has 0 aliphatic rings. The minimum Gasteiger partial charge on any atom is -0.462 e. The Morgan fingerprint density at radius 1 is 1.00 bits per heavy atom. The molecule has 0 saturated carbocycles. The Labute approximate surface area is 162 Å². The van der Waals surface area contributed by atoms with Gasteiger partial charge in [-0.3, -0.25) is 4.79 Å². The van der Waals surface area contributed by atoms with Crippen LogP contribution in [0, 0.1) is 0 Å². The number of hydrogen-bond acceptors (Lipinski definition) is 6. The standard InChI is InChI=1S/C18H16F3NO5S/c1-3-26-16(24)12-9-28-15(13(12)17(25)27-4-2)22-14(23)10-5-7-11(8-6-10)18(19,20)21/h5-9H,3-4H2,1-2H3,(H,22,23). The third-order valence-electron chi connectivity index (χ3n) is 3.47. The predicted octanol–water partition coefficient (Wildman–Crippen LogP) is 4.37. The fourth-order valence-electron chi connectivity index (χ4n) is 2.20. The highest BCUT2D eigenvalue weighted by Crippen LogP contribution is 2.31. The van der Waals surface area contributed by atoms with Crippen molar-refractivity contribution in [2.24, 2.45) is 0 Å². The fourth-order valence-corrected chi connectivity index (χ4v) is 3.11. The first-order valence-electron chi connectivity index (χ1n) is 8.13. The summed E-state index contributed by atoms with van der Waals surface area (Å²) in [6.07, 6.45) is -4.52. The van der Waals surface area contributed by atoms with Gasteiger partial charge in [-0.25, -0.2) is 9.59 Å². The van der Waals surface area contributed by atoms with Crippen molar-refractivity contribution in [2.45, 2.75) is 20.0 Å². The maximum absolute atomic E-state index is 12.6. The SMILES string of the molecule is CCOC(=O)c1csc(NC(=O)c2ccc(C(F)(F)F)cc2)c1C(=O)OCC. The molecule has 1 aromatic carbocycles. The van der Waals surface area contributed by atoms with E-state index in [1.54, 1.807) is 13.8 Å². The van der Waals surface area contributed by atoms with Crippen molar-refractivity contribution in [2.75, 3.05) is 18.5 Å². The highest BCUT2D eigenvalue weighted by molar-refractivity contribution is 7.15. The van der Waals surface area contributed by atoms with Crippen LogP contribution < -0.4 is 5.32 Å². The molecule has 28 heavy (non-hydrogen) atoms. The lowest BCUT2D eigenvalue weighted by Gasteiger charge is -2.09. The van der Waals surface area contributed by atoms with Gasteiger partial charge in [-0.15, -0.1) is 11.3 Å². The third-order valence-corrected chi connectivity index (χ3v) is 4.36. The maximum Gasteiger partial charge on any atom is 0.416 e. The van der Waals surface area contributed by atoms with Crippen LogP contribution in [0.25, 0.3) is 0 Å². The van der Waals surface area contributed by atoms with Crippen LogP contribution in [0.2, 0.25) is 0 Å². The summed E-state index contributed by atoms with van der Waals surface area (Å²) in [5.74, 6) is -2.32. The van der Waals surface area contributed by atoms with Gasteiger partial charge < -0.3 is 14.8 Å². The Bertz CT molecular complexity index is 874. The molecule has 1 N–H and O–H groups in total. The van der Waals surface area contributed by atoms with E-state index in [1.807, 2.05) is 0 Å². The Hall–Kier alpha value is -2.88. The van der Waals surface area contributed by atoms with E-state index in [2.05, 4.69) is 5.32 Å². The Kier molecular flexibility index (Phi) is 6.79. The Morgan fingerprint density at radius 3 is 2.11 bits per heavy atom. The summed E-state index contributed by atoms with van der Waals surface area (Å²) in [6.45, 7) is 3.31. The summed E-state index contributed by atoms with van der Waals surface area (Å²) in [4.78, 5) is 36.6. The molecule has 2 rings (SSSR count). The number of nitrogens with one attached hydrogen (secondary N) is 1. The number of thiophene rings is 1. The molecule has 0 spiro atoms. The second kappa shape index (κ2) is 8.87. The second-order valence-corrected chi connectivity index (χ2v) is 6.20. The lowest BCUT2D eigenvalue weighted by molar-refractivity contribution is -0.137. The molecule has 0 bridgehead atoms. The zero-order valence-electron chi connectivity index (χ0n) is 14.9. The van der Waals surface area contributed by atoms with E-state index in [0.29, 0.717) is 0 Å². The van der Waals surface area contributed by atoms with Crippen molar-refractivity contribution >= 4 is 34.2 Å². The zero-order chi connectivity index (χ0) is 20.9. The van der Waals surface area contributed by atoms with Gasteiger partial charge in [0.2, 0.25) is 0 Å². The Balaban J connectivity index is 2.30. The van der Waals surface area contributed by atoms with Crippen molar-refractivity contribution in [3.63, 3.8) is 0 Å². The fraction of sp³-hybridized carbons (Fsp3) is 0.278.